The van der Waals surface area contributed by atoms with Crippen LogP contribution in [0.5, 0.6) is 5.75 Å². The standard InChI is InChI=1S/C14H16N2O3/c1-16-8-7-15-13(16)6-9-19-12-4-2-11(3-5-12)10-14(17)18/h2-5,7-8H,6,9-10H2,1H3,(H,17,18). The Morgan fingerprint density at radius 2 is 2.11 bits per heavy atom. The van der Waals surface area contributed by atoms with Gasteiger partial charge in [0.2, 0.25) is 0 Å². The molecule has 0 radical (unpaired) electrons. The van der Waals surface area contributed by atoms with E-state index in [1.54, 1.807) is 30.5 Å². The fourth-order valence-electron chi connectivity index (χ4n) is 1.78. The lowest BCUT2D eigenvalue weighted by molar-refractivity contribution is -0.136. The van der Waals surface area contributed by atoms with Gasteiger partial charge in [-0.2, -0.15) is 0 Å². The van der Waals surface area contributed by atoms with E-state index in [0.717, 1.165) is 23.6 Å². The van der Waals surface area contributed by atoms with Crippen LogP contribution >= 0.6 is 0 Å². The average Bonchev–Trinajstić information content (AvgIpc) is 2.77. The van der Waals surface area contributed by atoms with E-state index >= 15 is 0 Å². The molecule has 0 aliphatic heterocycles. The third-order valence-electron chi connectivity index (χ3n) is 2.79. The molecule has 0 aliphatic rings. The Kier molecular flexibility index (Phi) is 4.18. The molecule has 19 heavy (non-hydrogen) atoms. The van der Waals surface area contributed by atoms with Crippen molar-refractivity contribution in [3.8, 4) is 5.75 Å². The van der Waals surface area contributed by atoms with Crippen LogP contribution in [0.4, 0.5) is 0 Å². The Labute approximate surface area is 111 Å². The minimum absolute atomic E-state index is 0.0353. The van der Waals surface area contributed by atoms with Crippen molar-refractivity contribution in [1.82, 2.24) is 9.55 Å². The fraction of sp³-hybridized carbons (Fsp3) is 0.286. The summed E-state index contributed by atoms with van der Waals surface area (Å²) in [4.78, 5) is 14.8. The monoisotopic (exact) mass is 260 g/mol. The molecule has 5 heteroatoms. The van der Waals surface area contributed by atoms with Crippen molar-refractivity contribution in [1.29, 1.82) is 0 Å². The summed E-state index contributed by atoms with van der Waals surface area (Å²) in [5.74, 6) is 0.884. The van der Waals surface area contributed by atoms with Gasteiger partial charge in [-0.05, 0) is 17.7 Å². The summed E-state index contributed by atoms with van der Waals surface area (Å²) >= 11 is 0. The van der Waals surface area contributed by atoms with E-state index in [4.69, 9.17) is 9.84 Å². The maximum Gasteiger partial charge on any atom is 0.307 e. The van der Waals surface area contributed by atoms with Crippen LogP contribution in [-0.4, -0.2) is 27.2 Å². The van der Waals surface area contributed by atoms with Crippen molar-refractivity contribution in [3.63, 3.8) is 0 Å². The normalized spacial score (nSPS) is 10.4. The largest absolute Gasteiger partial charge is 0.493 e. The molecule has 0 saturated heterocycles. The zero-order valence-electron chi connectivity index (χ0n) is 10.7. The number of carbonyl (C=O) groups is 1. The van der Waals surface area contributed by atoms with Crippen molar-refractivity contribution in [3.05, 3.63) is 48.0 Å². The number of hydrogen-bond donors (Lipinski definition) is 1. The van der Waals surface area contributed by atoms with Crippen LogP contribution in [0.1, 0.15) is 11.4 Å². The van der Waals surface area contributed by atoms with Crippen LogP contribution in [0.15, 0.2) is 36.7 Å². The first-order chi connectivity index (χ1) is 9.15. The van der Waals surface area contributed by atoms with E-state index in [1.165, 1.54) is 0 Å². The third kappa shape index (κ3) is 3.84. The molecule has 1 heterocycles. The predicted octanol–water partition coefficient (Wildman–Crippen LogP) is 1.67. The van der Waals surface area contributed by atoms with Crippen molar-refractivity contribution in [2.45, 2.75) is 12.8 Å². The molecule has 0 unspecified atom stereocenters. The van der Waals surface area contributed by atoms with Gasteiger partial charge in [0.1, 0.15) is 11.6 Å². The lowest BCUT2D eigenvalue weighted by atomic mass is 10.1. The van der Waals surface area contributed by atoms with Crippen molar-refractivity contribution >= 4 is 5.97 Å². The van der Waals surface area contributed by atoms with Crippen LogP contribution in [-0.2, 0) is 24.7 Å². The van der Waals surface area contributed by atoms with Gasteiger partial charge in [0, 0.05) is 25.9 Å². The first-order valence-corrected chi connectivity index (χ1v) is 6.05. The lowest BCUT2D eigenvalue weighted by Crippen LogP contribution is -2.06. The number of carboxylic acids is 1. The van der Waals surface area contributed by atoms with Gasteiger partial charge in [-0.25, -0.2) is 4.98 Å². The minimum Gasteiger partial charge on any atom is -0.493 e. The number of benzene rings is 1. The van der Waals surface area contributed by atoms with Gasteiger partial charge in [0.15, 0.2) is 0 Å². The van der Waals surface area contributed by atoms with Crippen molar-refractivity contribution < 1.29 is 14.6 Å². The molecule has 0 bridgehead atoms. The Morgan fingerprint density at radius 3 is 2.68 bits per heavy atom. The Hall–Kier alpha value is -2.30. The number of ether oxygens (including phenoxy) is 1. The number of aliphatic carboxylic acids is 1. The SMILES string of the molecule is Cn1ccnc1CCOc1ccc(CC(=O)O)cc1. The van der Waals surface area contributed by atoms with Crippen LogP contribution < -0.4 is 4.74 Å². The molecule has 0 saturated carbocycles. The lowest BCUT2D eigenvalue weighted by Gasteiger charge is -2.07. The van der Waals surface area contributed by atoms with Crippen LogP contribution in [0.2, 0.25) is 0 Å². The van der Waals surface area contributed by atoms with E-state index < -0.39 is 5.97 Å². The van der Waals surface area contributed by atoms with Gasteiger partial charge < -0.3 is 14.4 Å². The van der Waals surface area contributed by atoms with Gasteiger partial charge in [0.05, 0.1) is 13.0 Å². The maximum atomic E-state index is 10.5. The highest BCUT2D eigenvalue weighted by Crippen LogP contribution is 2.13. The molecular formula is C14H16N2O3. The molecular weight excluding hydrogens is 244 g/mol. The molecule has 100 valence electrons. The fourth-order valence-corrected chi connectivity index (χ4v) is 1.78. The molecule has 1 aromatic carbocycles. The molecule has 0 aliphatic carbocycles. The summed E-state index contributed by atoms with van der Waals surface area (Å²) in [6.07, 6.45) is 4.43. The molecule has 5 nitrogen and oxygen atoms in total. The number of carboxylic acid groups (broad SMARTS) is 1. The van der Waals surface area contributed by atoms with Gasteiger partial charge in [0.25, 0.3) is 0 Å². The van der Waals surface area contributed by atoms with Gasteiger partial charge in [-0.1, -0.05) is 12.1 Å². The van der Waals surface area contributed by atoms with E-state index in [-0.39, 0.29) is 6.42 Å². The van der Waals surface area contributed by atoms with Crippen molar-refractivity contribution in [2.24, 2.45) is 7.05 Å². The van der Waals surface area contributed by atoms with Crippen molar-refractivity contribution in [2.75, 3.05) is 6.61 Å². The van der Waals surface area contributed by atoms with E-state index in [0.29, 0.717) is 6.61 Å². The first-order valence-electron chi connectivity index (χ1n) is 6.05. The van der Waals surface area contributed by atoms with Crippen LogP contribution in [0.25, 0.3) is 0 Å². The predicted molar refractivity (Wildman–Crippen MR) is 70.2 cm³/mol. The average molecular weight is 260 g/mol. The topological polar surface area (TPSA) is 64.4 Å². The Bertz CT molecular complexity index is 546. The minimum atomic E-state index is -0.830. The van der Waals surface area contributed by atoms with Gasteiger partial charge >= 0.3 is 5.97 Å². The Balaban J connectivity index is 1.83. The molecule has 1 N–H and O–H groups in total. The number of aryl methyl sites for hydroxylation is 1. The molecule has 0 amide bonds. The summed E-state index contributed by atoms with van der Waals surface area (Å²) in [7, 11) is 1.95. The molecule has 1 aromatic heterocycles. The van der Waals surface area contributed by atoms with Gasteiger partial charge in [-0.3, -0.25) is 4.79 Å². The summed E-state index contributed by atoms with van der Waals surface area (Å²) in [6.45, 7) is 0.545. The summed E-state index contributed by atoms with van der Waals surface area (Å²) < 4.78 is 7.55. The quantitative estimate of drug-likeness (QED) is 0.858. The highest BCUT2D eigenvalue weighted by molar-refractivity contribution is 5.70. The molecule has 2 rings (SSSR count). The number of rotatable bonds is 6. The molecule has 0 atom stereocenters. The van der Waals surface area contributed by atoms with Crippen LogP contribution in [0, 0.1) is 0 Å². The smallest absolute Gasteiger partial charge is 0.307 e. The second kappa shape index (κ2) is 6.04. The van der Waals surface area contributed by atoms with E-state index in [2.05, 4.69) is 4.98 Å². The number of nitrogens with zero attached hydrogens (tertiary/aromatic N) is 2. The summed E-state index contributed by atoms with van der Waals surface area (Å²) in [6, 6.07) is 7.11. The molecule has 0 spiro atoms. The molecule has 0 fully saturated rings. The summed E-state index contributed by atoms with van der Waals surface area (Å²) in [5.41, 5.74) is 0.768. The molecule has 2 aromatic rings. The second-order valence-corrected chi connectivity index (χ2v) is 4.27. The zero-order valence-corrected chi connectivity index (χ0v) is 10.7. The maximum absolute atomic E-state index is 10.5. The number of hydrogen-bond acceptors (Lipinski definition) is 3. The number of imidazole rings is 1. The highest BCUT2D eigenvalue weighted by atomic mass is 16.5. The second-order valence-electron chi connectivity index (χ2n) is 4.27. The third-order valence-corrected chi connectivity index (χ3v) is 2.79. The first kappa shape index (κ1) is 13.1. The van der Waals surface area contributed by atoms with Gasteiger partial charge in [-0.15, -0.1) is 0 Å². The summed E-state index contributed by atoms with van der Waals surface area (Å²) in [5, 5.41) is 8.67. The highest BCUT2D eigenvalue weighted by Gasteiger charge is 2.02. The van der Waals surface area contributed by atoms with E-state index in [9.17, 15) is 4.79 Å². The van der Waals surface area contributed by atoms with E-state index in [1.807, 2.05) is 17.8 Å². The zero-order chi connectivity index (χ0) is 13.7. The number of aromatic nitrogens is 2. The Morgan fingerprint density at radius 1 is 1.37 bits per heavy atom. The van der Waals surface area contributed by atoms with Crippen LogP contribution in [0.3, 0.4) is 0 Å².